The van der Waals surface area contributed by atoms with Gasteiger partial charge in [-0.05, 0) is 28.1 Å². The number of sulfonamides is 1. The van der Waals surface area contributed by atoms with Gasteiger partial charge in [0.25, 0.3) is 16.4 Å². The largest absolute Gasteiger partial charge is 0.283 e. The number of hydrogen-bond acceptors (Lipinski definition) is 3. The van der Waals surface area contributed by atoms with Crippen LogP contribution in [0.25, 0.3) is 11.3 Å². The van der Waals surface area contributed by atoms with Crippen LogP contribution < -0.4 is 4.83 Å². The summed E-state index contributed by atoms with van der Waals surface area (Å²) in [6.45, 7) is 0. The molecule has 0 aliphatic rings. The molecule has 0 radical (unpaired) electrons. The van der Waals surface area contributed by atoms with Crippen molar-refractivity contribution in [1.29, 1.82) is 0 Å². The van der Waals surface area contributed by atoms with Crippen molar-refractivity contribution in [1.82, 2.24) is 9.89 Å². The molecule has 0 aliphatic carbocycles. The number of hydrogen-bond donors (Lipinski definition) is 1. The number of alkyl halides is 2. The van der Waals surface area contributed by atoms with Crippen molar-refractivity contribution in [2.75, 3.05) is 4.83 Å². The number of aromatic nitrogens is 2. The molecule has 1 N–H and O–H groups in total. The molecular weight excluding hydrogens is 416 g/mol. The van der Waals surface area contributed by atoms with Gasteiger partial charge in [0.05, 0.1) is 9.37 Å². The van der Waals surface area contributed by atoms with Crippen LogP contribution in [0.15, 0.2) is 70.0 Å². The smallest absolute Gasteiger partial charge is 0.203 e. The SMILES string of the molecule is O=S(=O)(Nn1nc(C(F)F)c(Br)c1-c1ccccc1)c1ccccc1. The predicted molar refractivity (Wildman–Crippen MR) is 93.3 cm³/mol. The Kier molecular flexibility index (Phi) is 4.87. The van der Waals surface area contributed by atoms with Crippen LogP contribution in [-0.2, 0) is 10.0 Å². The maximum Gasteiger partial charge on any atom is 0.283 e. The Morgan fingerprint density at radius 3 is 2.12 bits per heavy atom. The molecule has 130 valence electrons. The molecule has 0 spiro atoms. The summed E-state index contributed by atoms with van der Waals surface area (Å²) in [7, 11) is -3.99. The first-order valence-corrected chi connectivity index (χ1v) is 9.37. The third-order valence-corrected chi connectivity index (χ3v) is 5.45. The predicted octanol–water partition coefficient (Wildman–Crippen LogP) is 4.18. The Hall–Kier alpha value is -2.26. The Morgan fingerprint density at radius 2 is 1.56 bits per heavy atom. The van der Waals surface area contributed by atoms with Gasteiger partial charge in [-0.2, -0.15) is 18.0 Å². The zero-order valence-corrected chi connectivity index (χ0v) is 15.0. The number of benzene rings is 2. The van der Waals surface area contributed by atoms with Gasteiger partial charge in [-0.3, -0.25) is 0 Å². The van der Waals surface area contributed by atoms with Gasteiger partial charge in [0.2, 0.25) is 0 Å². The number of rotatable bonds is 5. The molecule has 5 nitrogen and oxygen atoms in total. The lowest BCUT2D eigenvalue weighted by Crippen LogP contribution is -2.25. The average Bonchev–Trinajstić information content (AvgIpc) is 2.92. The van der Waals surface area contributed by atoms with Crippen LogP contribution in [0.5, 0.6) is 0 Å². The molecule has 2 aromatic carbocycles. The molecule has 0 aliphatic heterocycles. The summed E-state index contributed by atoms with van der Waals surface area (Å²) in [5.74, 6) is 0. The van der Waals surface area contributed by atoms with Crippen LogP contribution >= 0.6 is 15.9 Å². The van der Waals surface area contributed by atoms with Crippen LogP contribution in [0.2, 0.25) is 0 Å². The highest BCUT2D eigenvalue weighted by Crippen LogP contribution is 2.35. The van der Waals surface area contributed by atoms with Gasteiger partial charge in [0.15, 0.2) is 0 Å². The molecule has 0 fully saturated rings. The fourth-order valence-corrected chi connectivity index (χ4v) is 3.86. The van der Waals surface area contributed by atoms with Crippen molar-refractivity contribution in [3.05, 3.63) is 70.8 Å². The summed E-state index contributed by atoms with van der Waals surface area (Å²) >= 11 is 3.11. The van der Waals surface area contributed by atoms with E-state index >= 15 is 0 Å². The van der Waals surface area contributed by atoms with Crippen molar-refractivity contribution < 1.29 is 17.2 Å². The van der Waals surface area contributed by atoms with E-state index in [1.54, 1.807) is 48.5 Å². The van der Waals surface area contributed by atoms with E-state index in [0.717, 1.165) is 4.79 Å². The molecule has 1 aromatic heterocycles. The molecule has 3 aromatic rings. The lowest BCUT2D eigenvalue weighted by Gasteiger charge is -2.11. The zero-order chi connectivity index (χ0) is 18.0. The van der Waals surface area contributed by atoms with E-state index in [1.165, 1.54) is 12.1 Å². The van der Waals surface area contributed by atoms with E-state index < -0.39 is 22.1 Å². The molecule has 0 saturated heterocycles. The van der Waals surface area contributed by atoms with E-state index in [2.05, 4.69) is 25.9 Å². The lowest BCUT2D eigenvalue weighted by molar-refractivity contribution is 0.144. The summed E-state index contributed by atoms with van der Waals surface area (Å²) in [5, 5.41) is 3.73. The fourth-order valence-electron chi connectivity index (χ4n) is 2.23. The number of nitrogens with zero attached hydrogens (tertiary/aromatic N) is 2. The monoisotopic (exact) mass is 427 g/mol. The van der Waals surface area contributed by atoms with Gasteiger partial charge in [0.1, 0.15) is 11.4 Å². The third kappa shape index (κ3) is 3.57. The topological polar surface area (TPSA) is 64.0 Å². The highest BCUT2D eigenvalue weighted by molar-refractivity contribution is 9.10. The highest BCUT2D eigenvalue weighted by atomic mass is 79.9. The van der Waals surface area contributed by atoms with Crippen LogP contribution in [0, 0.1) is 0 Å². The highest BCUT2D eigenvalue weighted by Gasteiger charge is 2.26. The second-order valence-electron chi connectivity index (χ2n) is 5.03. The minimum Gasteiger partial charge on any atom is -0.203 e. The van der Waals surface area contributed by atoms with Crippen molar-refractivity contribution in [2.45, 2.75) is 11.3 Å². The molecule has 25 heavy (non-hydrogen) atoms. The van der Waals surface area contributed by atoms with Crippen molar-refractivity contribution in [2.24, 2.45) is 0 Å². The minimum absolute atomic E-state index is 0.000712. The molecule has 0 unspecified atom stereocenters. The third-order valence-electron chi connectivity index (χ3n) is 3.37. The van der Waals surface area contributed by atoms with E-state index in [1.807, 2.05) is 0 Å². The van der Waals surface area contributed by atoms with Crippen LogP contribution in [0.4, 0.5) is 8.78 Å². The Bertz CT molecular complexity index is 977. The first-order chi connectivity index (χ1) is 11.9. The summed E-state index contributed by atoms with van der Waals surface area (Å²) in [4.78, 5) is 3.08. The van der Waals surface area contributed by atoms with Gasteiger partial charge in [0, 0.05) is 5.56 Å². The standard InChI is InChI=1S/C16H12BrF2N3O2S/c17-13-14(16(18)19)20-22(15(13)11-7-3-1-4-8-11)21-25(23,24)12-9-5-2-6-10-12/h1-10,16,21H. The van der Waals surface area contributed by atoms with Crippen molar-refractivity contribution >= 4 is 26.0 Å². The molecule has 9 heteroatoms. The summed E-state index contributed by atoms with van der Waals surface area (Å²) in [6, 6.07) is 16.1. The van der Waals surface area contributed by atoms with Crippen molar-refractivity contribution in [3.8, 4) is 11.3 Å². The Labute approximate surface area is 151 Å². The molecule has 0 saturated carbocycles. The van der Waals surface area contributed by atoms with Crippen LogP contribution in [0.1, 0.15) is 12.1 Å². The molecule has 0 atom stereocenters. The lowest BCUT2D eigenvalue weighted by atomic mass is 10.1. The summed E-state index contributed by atoms with van der Waals surface area (Å²) in [5.41, 5.74) is 0.176. The second kappa shape index (κ2) is 6.93. The quantitative estimate of drug-likeness (QED) is 0.663. The van der Waals surface area contributed by atoms with Crippen LogP contribution in [-0.4, -0.2) is 18.3 Å². The maximum absolute atomic E-state index is 13.2. The van der Waals surface area contributed by atoms with E-state index in [9.17, 15) is 17.2 Å². The zero-order valence-electron chi connectivity index (χ0n) is 12.6. The fraction of sp³-hybridized carbons (Fsp3) is 0.0625. The molecule has 0 bridgehead atoms. The van der Waals surface area contributed by atoms with Gasteiger partial charge >= 0.3 is 0 Å². The van der Waals surface area contributed by atoms with Crippen molar-refractivity contribution in [3.63, 3.8) is 0 Å². The molecular formula is C16H12BrF2N3O2S. The Balaban J connectivity index is 2.12. The van der Waals surface area contributed by atoms with Crippen LogP contribution in [0.3, 0.4) is 0 Å². The first-order valence-electron chi connectivity index (χ1n) is 7.10. The number of halogens is 3. The van der Waals surface area contributed by atoms with E-state index in [-0.39, 0.29) is 15.1 Å². The van der Waals surface area contributed by atoms with E-state index in [4.69, 9.17) is 0 Å². The molecule has 1 heterocycles. The maximum atomic E-state index is 13.2. The minimum atomic E-state index is -3.99. The molecule has 0 amide bonds. The Morgan fingerprint density at radius 1 is 1.00 bits per heavy atom. The van der Waals surface area contributed by atoms with Gasteiger partial charge in [-0.15, -0.1) is 5.10 Å². The van der Waals surface area contributed by atoms with Gasteiger partial charge < -0.3 is 0 Å². The summed E-state index contributed by atoms with van der Waals surface area (Å²) in [6.07, 6.45) is -2.86. The average molecular weight is 428 g/mol. The second-order valence-corrected chi connectivity index (χ2v) is 7.49. The first kappa shape index (κ1) is 17.6. The normalized spacial score (nSPS) is 11.7. The number of nitrogens with one attached hydrogen (secondary N) is 1. The van der Waals surface area contributed by atoms with Gasteiger partial charge in [-0.1, -0.05) is 48.5 Å². The van der Waals surface area contributed by atoms with Gasteiger partial charge in [-0.25, -0.2) is 8.78 Å². The van der Waals surface area contributed by atoms with E-state index in [0.29, 0.717) is 5.56 Å². The summed E-state index contributed by atoms with van der Waals surface area (Å²) < 4.78 is 51.5. The molecule has 3 rings (SSSR count).